The number of sulfonamides is 1. The number of anilines is 1. The molecular weight excluding hydrogens is 396 g/mol. The van der Waals surface area contributed by atoms with Gasteiger partial charge in [0.25, 0.3) is 0 Å². The van der Waals surface area contributed by atoms with Crippen molar-refractivity contribution in [3.8, 4) is 17.2 Å². The quantitative estimate of drug-likeness (QED) is 0.740. The van der Waals surface area contributed by atoms with Crippen LogP contribution in [0.15, 0.2) is 47.4 Å². The Morgan fingerprint density at radius 3 is 2.48 bits per heavy atom. The Labute approximate surface area is 170 Å². The van der Waals surface area contributed by atoms with E-state index in [1.807, 2.05) is 0 Å². The molecule has 0 spiro atoms. The Bertz CT molecular complexity index is 992. The van der Waals surface area contributed by atoms with Gasteiger partial charge in [-0.15, -0.1) is 0 Å². The minimum Gasteiger partial charge on any atom is -0.497 e. The summed E-state index contributed by atoms with van der Waals surface area (Å²) in [6.07, 6.45) is 1.05. The molecule has 1 unspecified atom stereocenters. The molecule has 1 aliphatic heterocycles. The molecule has 1 amide bonds. The van der Waals surface area contributed by atoms with Gasteiger partial charge in [0.2, 0.25) is 15.9 Å². The van der Waals surface area contributed by atoms with Crippen LogP contribution in [0.5, 0.6) is 17.2 Å². The fourth-order valence-electron chi connectivity index (χ4n) is 3.33. The molecule has 0 aromatic heterocycles. The van der Waals surface area contributed by atoms with Gasteiger partial charge in [0.1, 0.15) is 11.8 Å². The fraction of sp³-hybridized carbons (Fsp3) is 0.350. The first-order valence-electron chi connectivity index (χ1n) is 9.09. The number of benzene rings is 2. The number of nitrogens with one attached hydrogen (secondary N) is 1. The van der Waals surface area contributed by atoms with Gasteiger partial charge >= 0.3 is 0 Å². The van der Waals surface area contributed by atoms with Crippen LogP contribution in [0.4, 0.5) is 5.69 Å². The van der Waals surface area contributed by atoms with Crippen LogP contribution in [-0.4, -0.2) is 52.5 Å². The third-order valence-corrected chi connectivity index (χ3v) is 6.71. The van der Waals surface area contributed by atoms with E-state index in [1.165, 1.54) is 43.8 Å². The van der Waals surface area contributed by atoms with E-state index < -0.39 is 16.1 Å². The summed E-state index contributed by atoms with van der Waals surface area (Å²) in [5.74, 6) is 0.967. The van der Waals surface area contributed by atoms with E-state index in [4.69, 9.17) is 14.2 Å². The van der Waals surface area contributed by atoms with Crippen molar-refractivity contribution < 1.29 is 27.4 Å². The summed E-state index contributed by atoms with van der Waals surface area (Å²) in [5.41, 5.74) is 0.546. The highest BCUT2D eigenvalue weighted by atomic mass is 32.2. The average Bonchev–Trinajstić information content (AvgIpc) is 3.24. The molecule has 1 fully saturated rings. The van der Waals surface area contributed by atoms with Gasteiger partial charge in [0, 0.05) is 24.4 Å². The number of hydrogen-bond donors (Lipinski definition) is 1. The van der Waals surface area contributed by atoms with E-state index in [-0.39, 0.29) is 17.3 Å². The lowest BCUT2D eigenvalue weighted by Crippen LogP contribution is -2.43. The van der Waals surface area contributed by atoms with E-state index in [0.717, 1.165) is 0 Å². The van der Waals surface area contributed by atoms with Gasteiger partial charge in [-0.3, -0.25) is 4.79 Å². The smallest absolute Gasteiger partial charge is 0.243 e. The molecule has 2 aromatic rings. The largest absolute Gasteiger partial charge is 0.497 e. The van der Waals surface area contributed by atoms with Gasteiger partial charge in [-0.25, -0.2) is 8.42 Å². The summed E-state index contributed by atoms with van der Waals surface area (Å²) in [7, 11) is 0.570. The van der Waals surface area contributed by atoms with Crippen LogP contribution < -0.4 is 19.5 Å². The Hall–Kier alpha value is -2.78. The topological polar surface area (TPSA) is 94.2 Å². The van der Waals surface area contributed by atoms with Crippen molar-refractivity contribution in [2.45, 2.75) is 23.8 Å². The highest BCUT2D eigenvalue weighted by molar-refractivity contribution is 7.89. The predicted octanol–water partition coefficient (Wildman–Crippen LogP) is 2.50. The molecular formula is C20H24N2O6S. The molecule has 2 aromatic carbocycles. The number of methoxy groups -OCH3 is 3. The summed E-state index contributed by atoms with van der Waals surface area (Å²) in [4.78, 5) is 12.9. The Balaban J connectivity index is 1.84. The van der Waals surface area contributed by atoms with E-state index in [9.17, 15) is 13.2 Å². The van der Waals surface area contributed by atoms with Crippen LogP contribution in [-0.2, 0) is 14.8 Å². The lowest BCUT2D eigenvalue weighted by atomic mass is 10.2. The highest BCUT2D eigenvalue weighted by Crippen LogP contribution is 2.33. The molecule has 9 heteroatoms. The van der Waals surface area contributed by atoms with E-state index in [2.05, 4.69) is 5.32 Å². The zero-order chi connectivity index (χ0) is 21.0. The number of ether oxygens (including phenoxy) is 3. The first kappa shape index (κ1) is 20.9. The molecule has 1 N–H and O–H groups in total. The monoisotopic (exact) mass is 420 g/mol. The van der Waals surface area contributed by atoms with Crippen molar-refractivity contribution in [3.05, 3.63) is 42.5 Å². The molecule has 1 aliphatic rings. The van der Waals surface area contributed by atoms with Crippen LogP contribution >= 0.6 is 0 Å². The second-order valence-corrected chi connectivity index (χ2v) is 8.40. The van der Waals surface area contributed by atoms with Crippen molar-refractivity contribution in [1.82, 2.24) is 4.31 Å². The van der Waals surface area contributed by atoms with Gasteiger partial charge in [-0.2, -0.15) is 4.31 Å². The maximum Gasteiger partial charge on any atom is 0.243 e. The van der Waals surface area contributed by atoms with Crippen molar-refractivity contribution in [2.75, 3.05) is 33.2 Å². The number of nitrogens with zero attached hydrogens (tertiary/aromatic N) is 1. The summed E-state index contributed by atoms with van der Waals surface area (Å²) >= 11 is 0. The fourth-order valence-corrected chi connectivity index (χ4v) is 5.00. The van der Waals surface area contributed by atoms with Crippen LogP contribution in [0.3, 0.4) is 0 Å². The zero-order valence-corrected chi connectivity index (χ0v) is 17.4. The third-order valence-electron chi connectivity index (χ3n) is 4.81. The molecule has 0 aliphatic carbocycles. The number of hydrogen-bond acceptors (Lipinski definition) is 6. The van der Waals surface area contributed by atoms with Crippen LogP contribution in [0, 0.1) is 0 Å². The summed E-state index contributed by atoms with van der Waals surface area (Å²) < 4.78 is 43.2. The molecule has 1 saturated heterocycles. The molecule has 1 heterocycles. The predicted molar refractivity (Wildman–Crippen MR) is 108 cm³/mol. The molecule has 0 saturated carbocycles. The van der Waals surface area contributed by atoms with Gasteiger partial charge in [0.05, 0.1) is 26.2 Å². The average molecular weight is 420 g/mol. The van der Waals surface area contributed by atoms with Gasteiger partial charge < -0.3 is 19.5 Å². The van der Waals surface area contributed by atoms with Crippen LogP contribution in [0.1, 0.15) is 12.8 Å². The highest BCUT2D eigenvalue weighted by Gasteiger charge is 2.39. The SMILES string of the molecule is COc1cccc(NC(=O)C2CCCN2S(=O)(=O)c2ccc(OC)c(OC)c2)c1. The van der Waals surface area contributed by atoms with E-state index >= 15 is 0 Å². The van der Waals surface area contributed by atoms with Crippen LogP contribution in [0.2, 0.25) is 0 Å². The maximum atomic E-state index is 13.2. The minimum absolute atomic E-state index is 0.0521. The number of rotatable bonds is 7. The molecule has 29 heavy (non-hydrogen) atoms. The second kappa shape index (κ2) is 8.71. The molecule has 8 nitrogen and oxygen atoms in total. The standard InChI is InChI=1S/C20H24N2O6S/c1-26-15-7-4-6-14(12-15)21-20(23)17-8-5-11-22(17)29(24,25)16-9-10-18(27-2)19(13-16)28-3/h4,6-7,9-10,12-13,17H,5,8,11H2,1-3H3,(H,21,23). The number of amides is 1. The van der Waals surface area contributed by atoms with Crippen molar-refractivity contribution in [3.63, 3.8) is 0 Å². The van der Waals surface area contributed by atoms with Gasteiger partial charge in [-0.1, -0.05) is 6.07 Å². The van der Waals surface area contributed by atoms with Crippen molar-refractivity contribution in [1.29, 1.82) is 0 Å². The first-order chi connectivity index (χ1) is 13.9. The second-order valence-electron chi connectivity index (χ2n) is 6.51. The van der Waals surface area contributed by atoms with E-state index in [0.29, 0.717) is 35.8 Å². The minimum atomic E-state index is -3.88. The van der Waals surface area contributed by atoms with Gasteiger partial charge in [0.15, 0.2) is 11.5 Å². The summed E-state index contributed by atoms with van der Waals surface area (Å²) in [6.45, 7) is 0.271. The third kappa shape index (κ3) is 4.30. The molecule has 0 bridgehead atoms. The summed E-state index contributed by atoms with van der Waals surface area (Å²) in [6, 6.07) is 10.5. The number of carbonyl (C=O) groups is 1. The lowest BCUT2D eigenvalue weighted by Gasteiger charge is -2.24. The maximum absolute atomic E-state index is 13.2. The Kier molecular flexibility index (Phi) is 6.29. The summed E-state index contributed by atoms with van der Waals surface area (Å²) in [5, 5.41) is 2.78. The number of carbonyl (C=O) groups excluding carboxylic acids is 1. The zero-order valence-electron chi connectivity index (χ0n) is 16.5. The molecule has 1 atom stereocenters. The van der Waals surface area contributed by atoms with Gasteiger partial charge in [-0.05, 0) is 37.1 Å². The van der Waals surface area contributed by atoms with Crippen molar-refractivity contribution >= 4 is 21.6 Å². The van der Waals surface area contributed by atoms with Crippen molar-refractivity contribution in [2.24, 2.45) is 0 Å². The first-order valence-corrected chi connectivity index (χ1v) is 10.5. The molecule has 3 rings (SSSR count). The molecule has 0 radical (unpaired) electrons. The van der Waals surface area contributed by atoms with Crippen LogP contribution in [0.25, 0.3) is 0 Å². The van der Waals surface area contributed by atoms with E-state index in [1.54, 1.807) is 24.3 Å². The lowest BCUT2D eigenvalue weighted by molar-refractivity contribution is -0.119. The Morgan fingerprint density at radius 1 is 1.03 bits per heavy atom. The molecule has 156 valence electrons. The Morgan fingerprint density at radius 2 is 1.79 bits per heavy atom. The normalized spacial score (nSPS) is 17.0.